The van der Waals surface area contributed by atoms with Gasteiger partial charge in [0, 0.05) is 18.6 Å². The first kappa shape index (κ1) is 16.3. The molecule has 0 radical (unpaired) electrons. The van der Waals surface area contributed by atoms with Gasteiger partial charge < -0.3 is 10.6 Å². The zero-order valence-corrected chi connectivity index (χ0v) is 13.4. The van der Waals surface area contributed by atoms with E-state index in [1.54, 1.807) is 0 Å². The quantitative estimate of drug-likeness (QED) is 0.781. The van der Waals surface area contributed by atoms with Crippen molar-refractivity contribution < 1.29 is 0 Å². The van der Waals surface area contributed by atoms with Crippen LogP contribution >= 0.6 is 11.6 Å². The van der Waals surface area contributed by atoms with Crippen LogP contribution in [0.15, 0.2) is 18.2 Å². The molecule has 0 spiro atoms. The number of nitrogens with zero attached hydrogens (tertiary/aromatic N) is 1. The van der Waals surface area contributed by atoms with Crippen LogP contribution in [0.1, 0.15) is 58.6 Å². The fourth-order valence-electron chi connectivity index (χ4n) is 2.17. The molecule has 0 heterocycles. The lowest BCUT2D eigenvalue weighted by Crippen LogP contribution is -2.33. The molecule has 2 nitrogen and oxygen atoms in total. The summed E-state index contributed by atoms with van der Waals surface area (Å²) < 4.78 is 0. The van der Waals surface area contributed by atoms with Crippen molar-refractivity contribution in [3.05, 3.63) is 28.8 Å². The molecule has 0 aliphatic rings. The van der Waals surface area contributed by atoms with Crippen molar-refractivity contribution in [3.8, 4) is 0 Å². The van der Waals surface area contributed by atoms with Crippen molar-refractivity contribution in [2.75, 3.05) is 11.4 Å². The molecule has 0 fully saturated rings. The van der Waals surface area contributed by atoms with Crippen LogP contribution in [0.5, 0.6) is 0 Å². The largest absolute Gasteiger partial charge is 0.368 e. The van der Waals surface area contributed by atoms with Crippen molar-refractivity contribution in [2.24, 2.45) is 5.73 Å². The van der Waals surface area contributed by atoms with Crippen LogP contribution in [-0.4, -0.2) is 12.6 Å². The van der Waals surface area contributed by atoms with E-state index in [-0.39, 0.29) is 6.04 Å². The average molecular weight is 283 g/mol. The van der Waals surface area contributed by atoms with E-state index in [9.17, 15) is 0 Å². The van der Waals surface area contributed by atoms with E-state index in [0.29, 0.717) is 6.04 Å². The third kappa shape index (κ3) is 4.39. The lowest BCUT2D eigenvalue weighted by molar-refractivity contribution is 0.595. The van der Waals surface area contributed by atoms with Crippen molar-refractivity contribution >= 4 is 17.3 Å². The summed E-state index contributed by atoms with van der Waals surface area (Å²) in [5.41, 5.74) is 8.13. The predicted octanol–water partition coefficient (Wildman–Crippen LogP) is 4.76. The molecule has 1 rings (SSSR count). The molecule has 1 aromatic rings. The van der Waals surface area contributed by atoms with Crippen LogP contribution in [-0.2, 0) is 0 Å². The summed E-state index contributed by atoms with van der Waals surface area (Å²) >= 11 is 6.45. The van der Waals surface area contributed by atoms with Crippen LogP contribution in [0.3, 0.4) is 0 Å². The van der Waals surface area contributed by atoms with Crippen molar-refractivity contribution in [3.63, 3.8) is 0 Å². The van der Waals surface area contributed by atoms with E-state index in [2.05, 4.69) is 37.8 Å². The number of rotatable bonds is 7. The fourth-order valence-corrected chi connectivity index (χ4v) is 2.46. The number of anilines is 1. The van der Waals surface area contributed by atoms with Gasteiger partial charge in [0.15, 0.2) is 0 Å². The first-order chi connectivity index (χ1) is 9.01. The zero-order chi connectivity index (χ0) is 14.4. The molecule has 2 N–H and O–H groups in total. The second-order valence-electron chi connectivity index (χ2n) is 5.30. The van der Waals surface area contributed by atoms with E-state index in [4.69, 9.17) is 17.3 Å². The predicted molar refractivity (Wildman–Crippen MR) is 86.1 cm³/mol. The highest BCUT2D eigenvalue weighted by molar-refractivity contribution is 6.33. The van der Waals surface area contributed by atoms with Gasteiger partial charge in [-0.2, -0.15) is 0 Å². The molecule has 0 aliphatic heterocycles. The van der Waals surface area contributed by atoms with Crippen LogP contribution in [0, 0.1) is 0 Å². The van der Waals surface area contributed by atoms with Crippen LogP contribution in [0.2, 0.25) is 5.02 Å². The highest BCUT2D eigenvalue weighted by atomic mass is 35.5. The Morgan fingerprint density at radius 1 is 1.26 bits per heavy atom. The Kier molecular flexibility index (Phi) is 6.67. The van der Waals surface area contributed by atoms with E-state index in [1.807, 2.05) is 13.0 Å². The third-order valence-corrected chi connectivity index (χ3v) is 3.99. The maximum atomic E-state index is 6.45. The van der Waals surface area contributed by atoms with E-state index in [1.165, 1.54) is 12.8 Å². The SMILES string of the molecule is CCCCN(c1ccc([C@@H](C)N)cc1Cl)C(C)CC. The molecule has 0 saturated carbocycles. The van der Waals surface area contributed by atoms with Gasteiger partial charge in [0.1, 0.15) is 0 Å². The summed E-state index contributed by atoms with van der Waals surface area (Å²) in [4.78, 5) is 2.41. The van der Waals surface area contributed by atoms with Gasteiger partial charge in [0.25, 0.3) is 0 Å². The smallest absolute Gasteiger partial charge is 0.0642 e. The molecule has 0 aliphatic carbocycles. The number of benzene rings is 1. The van der Waals surface area contributed by atoms with Gasteiger partial charge in [-0.3, -0.25) is 0 Å². The van der Waals surface area contributed by atoms with Crippen LogP contribution < -0.4 is 10.6 Å². The maximum absolute atomic E-state index is 6.45. The first-order valence-corrected chi connectivity index (χ1v) is 7.70. The minimum Gasteiger partial charge on any atom is -0.368 e. The third-order valence-electron chi connectivity index (χ3n) is 3.68. The Labute approximate surface area is 122 Å². The molecule has 0 saturated heterocycles. The number of nitrogens with two attached hydrogens (primary N) is 1. The minimum atomic E-state index is 0.0271. The van der Waals surface area contributed by atoms with E-state index in [0.717, 1.165) is 29.2 Å². The van der Waals surface area contributed by atoms with Crippen LogP contribution in [0.4, 0.5) is 5.69 Å². The Bertz CT molecular complexity index is 390. The number of halogens is 1. The maximum Gasteiger partial charge on any atom is 0.0642 e. The molecular formula is C16H27ClN2. The highest BCUT2D eigenvalue weighted by Crippen LogP contribution is 2.30. The fraction of sp³-hybridized carbons (Fsp3) is 0.625. The van der Waals surface area contributed by atoms with Gasteiger partial charge in [-0.25, -0.2) is 0 Å². The van der Waals surface area contributed by atoms with Crippen LogP contribution in [0.25, 0.3) is 0 Å². The summed E-state index contributed by atoms with van der Waals surface area (Å²) in [5, 5.41) is 0.811. The summed E-state index contributed by atoms with van der Waals surface area (Å²) in [5.74, 6) is 0. The second kappa shape index (κ2) is 7.76. The van der Waals surface area contributed by atoms with Gasteiger partial charge in [-0.15, -0.1) is 0 Å². The van der Waals surface area contributed by atoms with E-state index >= 15 is 0 Å². The van der Waals surface area contributed by atoms with Gasteiger partial charge in [-0.1, -0.05) is 37.9 Å². The lowest BCUT2D eigenvalue weighted by Gasteiger charge is -2.32. The standard InChI is InChI=1S/C16H27ClN2/c1-5-7-10-19(12(3)6-2)16-9-8-14(13(4)18)11-15(16)17/h8-9,11-13H,5-7,10,18H2,1-4H3/t12?,13-/m1/s1. The van der Waals surface area contributed by atoms with Crippen molar-refractivity contribution in [1.82, 2.24) is 0 Å². The first-order valence-electron chi connectivity index (χ1n) is 7.32. The van der Waals surface area contributed by atoms with E-state index < -0.39 is 0 Å². The summed E-state index contributed by atoms with van der Waals surface area (Å²) in [6.07, 6.45) is 3.51. The molecule has 108 valence electrons. The molecule has 0 amide bonds. The normalized spacial score (nSPS) is 14.2. The number of unbranched alkanes of at least 4 members (excludes halogenated alkanes) is 1. The van der Waals surface area contributed by atoms with Gasteiger partial charge in [0.2, 0.25) is 0 Å². The Morgan fingerprint density at radius 3 is 2.42 bits per heavy atom. The number of hydrogen-bond donors (Lipinski definition) is 1. The van der Waals surface area contributed by atoms with Gasteiger partial charge in [0.05, 0.1) is 10.7 Å². The van der Waals surface area contributed by atoms with Crippen molar-refractivity contribution in [2.45, 2.75) is 59.0 Å². The minimum absolute atomic E-state index is 0.0271. The number of hydrogen-bond acceptors (Lipinski definition) is 2. The molecule has 1 unspecified atom stereocenters. The topological polar surface area (TPSA) is 29.3 Å². The zero-order valence-electron chi connectivity index (χ0n) is 12.6. The molecule has 1 aromatic carbocycles. The summed E-state index contributed by atoms with van der Waals surface area (Å²) in [6.45, 7) is 9.73. The Balaban J connectivity index is 3.01. The Hall–Kier alpha value is -0.730. The van der Waals surface area contributed by atoms with Gasteiger partial charge >= 0.3 is 0 Å². The molecular weight excluding hydrogens is 256 g/mol. The molecule has 19 heavy (non-hydrogen) atoms. The van der Waals surface area contributed by atoms with Crippen molar-refractivity contribution in [1.29, 1.82) is 0 Å². The summed E-state index contributed by atoms with van der Waals surface area (Å²) in [7, 11) is 0. The lowest BCUT2D eigenvalue weighted by atomic mass is 10.1. The Morgan fingerprint density at radius 2 is 1.95 bits per heavy atom. The second-order valence-corrected chi connectivity index (χ2v) is 5.71. The summed E-state index contributed by atoms with van der Waals surface area (Å²) in [6, 6.07) is 6.74. The molecule has 0 bridgehead atoms. The highest BCUT2D eigenvalue weighted by Gasteiger charge is 2.16. The molecule has 3 heteroatoms. The van der Waals surface area contributed by atoms with Gasteiger partial charge in [-0.05, 0) is 44.4 Å². The monoisotopic (exact) mass is 282 g/mol. The average Bonchev–Trinajstić information content (AvgIpc) is 2.39. The molecule has 2 atom stereocenters. The molecule has 0 aromatic heterocycles.